The van der Waals surface area contributed by atoms with E-state index in [0.717, 1.165) is 12.8 Å². The molecule has 0 radical (unpaired) electrons. The summed E-state index contributed by atoms with van der Waals surface area (Å²) in [5.41, 5.74) is 0.664. The maximum atomic E-state index is 11.9. The topological polar surface area (TPSA) is 44.8 Å². The van der Waals surface area contributed by atoms with Gasteiger partial charge in [0, 0.05) is 7.11 Å². The van der Waals surface area contributed by atoms with Crippen molar-refractivity contribution in [3.05, 3.63) is 11.6 Å². The average Bonchev–Trinajstić information content (AvgIpc) is 2.87. The van der Waals surface area contributed by atoms with E-state index in [0.29, 0.717) is 5.57 Å². The molecule has 0 aromatic heterocycles. The van der Waals surface area contributed by atoms with Gasteiger partial charge < -0.3 is 14.2 Å². The lowest BCUT2D eigenvalue weighted by atomic mass is 10.0. The Kier molecular flexibility index (Phi) is 12.7. The normalized spacial score (nSPS) is 21.9. The first-order valence-corrected chi connectivity index (χ1v) is 10.2. The van der Waals surface area contributed by atoms with E-state index in [9.17, 15) is 4.79 Å². The molecule has 0 unspecified atom stereocenters. The second kappa shape index (κ2) is 14.3. The van der Waals surface area contributed by atoms with Gasteiger partial charge in [0.25, 0.3) is 0 Å². The van der Waals surface area contributed by atoms with Crippen LogP contribution in [0.5, 0.6) is 0 Å². The zero-order valence-corrected chi connectivity index (χ0v) is 16.6. The minimum atomic E-state index is -0.292. The third-order valence-electron chi connectivity index (χ3n) is 4.80. The Labute approximate surface area is 154 Å². The van der Waals surface area contributed by atoms with Crippen LogP contribution >= 0.6 is 0 Å². The van der Waals surface area contributed by atoms with Gasteiger partial charge in [-0.25, -0.2) is 4.79 Å². The second-order valence-corrected chi connectivity index (χ2v) is 7.09. The molecule has 4 heteroatoms. The zero-order chi connectivity index (χ0) is 18.3. The van der Waals surface area contributed by atoms with Gasteiger partial charge in [-0.1, -0.05) is 77.2 Å². The fraction of sp³-hybridized carbons (Fsp3) is 0.857. The minimum Gasteiger partial charge on any atom is -0.456 e. The van der Waals surface area contributed by atoms with E-state index in [1.54, 1.807) is 7.11 Å². The number of carbonyl (C=O) groups excluding carboxylic acids is 1. The molecule has 1 rings (SSSR count). The largest absolute Gasteiger partial charge is 0.456 e. The molecule has 0 aromatic carbocycles. The molecule has 1 saturated heterocycles. The highest BCUT2D eigenvalue weighted by Crippen LogP contribution is 2.25. The summed E-state index contributed by atoms with van der Waals surface area (Å²) in [6.45, 7) is 4.31. The number of cyclic esters (lactones) is 1. The van der Waals surface area contributed by atoms with Crippen LogP contribution in [0.4, 0.5) is 0 Å². The average molecular weight is 355 g/mol. The Morgan fingerprint density at radius 1 is 0.960 bits per heavy atom. The molecule has 2 atom stereocenters. The Bertz CT molecular complexity index is 378. The first kappa shape index (κ1) is 22.2. The lowest BCUT2D eigenvalue weighted by molar-refractivity contribution is -0.140. The molecular weight excluding hydrogens is 316 g/mol. The van der Waals surface area contributed by atoms with Crippen LogP contribution in [0.1, 0.15) is 90.9 Å². The summed E-state index contributed by atoms with van der Waals surface area (Å²) in [5.74, 6) is -0.239. The first-order valence-electron chi connectivity index (χ1n) is 10.2. The van der Waals surface area contributed by atoms with Crippen LogP contribution in [-0.2, 0) is 19.0 Å². The SMILES string of the molecule is CCCCCCCCCCCCC/C=C1\C(=O)O[C@@H](C)[C@H]1OCOC. The molecular formula is C21H38O4. The highest BCUT2D eigenvalue weighted by molar-refractivity contribution is 5.92. The van der Waals surface area contributed by atoms with Crippen molar-refractivity contribution in [3.8, 4) is 0 Å². The molecule has 1 heterocycles. The van der Waals surface area contributed by atoms with E-state index in [-0.39, 0.29) is 25.0 Å². The number of hydrogen-bond acceptors (Lipinski definition) is 4. The standard InChI is InChI=1S/C21H38O4/c1-4-5-6-7-8-9-10-11-12-13-14-15-16-19-20(24-17-23-3)18(2)25-21(19)22/h16,18,20H,4-15,17H2,1-3H3/b19-16-/t18-,20+/m0/s1. The summed E-state index contributed by atoms with van der Waals surface area (Å²) >= 11 is 0. The Morgan fingerprint density at radius 3 is 2.08 bits per heavy atom. The van der Waals surface area contributed by atoms with Crippen molar-refractivity contribution in [1.29, 1.82) is 0 Å². The van der Waals surface area contributed by atoms with Crippen molar-refractivity contribution < 1.29 is 19.0 Å². The summed E-state index contributed by atoms with van der Waals surface area (Å²) in [6.07, 6.45) is 17.1. The molecule has 4 nitrogen and oxygen atoms in total. The Balaban J connectivity index is 2.07. The quantitative estimate of drug-likeness (QED) is 0.167. The monoisotopic (exact) mass is 354 g/mol. The lowest BCUT2D eigenvalue weighted by Gasteiger charge is -2.14. The second-order valence-electron chi connectivity index (χ2n) is 7.09. The summed E-state index contributed by atoms with van der Waals surface area (Å²) in [5, 5.41) is 0. The molecule has 0 amide bonds. The van der Waals surface area contributed by atoms with E-state index in [1.807, 2.05) is 13.0 Å². The highest BCUT2D eigenvalue weighted by atomic mass is 16.7. The van der Waals surface area contributed by atoms with Gasteiger partial charge in [-0.05, 0) is 19.8 Å². The van der Waals surface area contributed by atoms with Gasteiger partial charge in [0.05, 0.1) is 5.57 Å². The smallest absolute Gasteiger partial charge is 0.336 e. The Hall–Kier alpha value is -0.870. The fourth-order valence-corrected chi connectivity index (χ4v) is 3.30. The molecule has 1 fully saturated rings. The zero-order valence-electron chi connectivity index (χ0n) is 16.6. The van der Waals surface area contributed by atoms with Crippen molar-refractivity contribution in [2.45, 2.75) is 103 Å². The van der Waals surface area contributed by atoms with E-state index < -0.39 is 0 Å². The number of ether oxygens (including phenoxy) is 3. The molecule has 1 aliphatic heterocycles. The van der Waals surface area contributed by atoms with Gasteiger partial charge in [0.15, 0.2) is 0 Å². The maximum Gasteiger partial charge on any atom is 0.336 e. The van der Waals surface area contributed by atoms with E-state index in [4.69, 9.17) is 14.2 Å². The van der Waals surface area contributed by atoms with Crippen molar-refractivity contribution in [1.82, 2.24) is 0 Å². The van der Waals surface area contributed by atoms with Crippen molar-refractivity contribution in [3.63, 3.8) is 0 Å². The van der Waals surface area contributed by atoms with Gasteiger partial charge in [-0.2, -0.15) is 0 Å². The first-order chi connectivity index (χ1) is 12.2. The van der Waals surface area contributed by atoms with Crippen molar-refractivity contribution >= 4 is 5.97 Å². The van der Waals surface area contributed by atoms with Crippen LogP contribution in [0, 0.1) is 0 Å². The summed E-state index contributed by atoms with van der Waals surface area (Å²) in [6, 6.07) is 0. The molecule has 0 spiro atoms. The summed E-state index contributed by atoms with van der Waals surface area (Å²) in [4.78, 5) is 11.9. The van der Waals surface area contributed by atoms with Crippen LogP contribution in [0.25, 0.3) is 0 Å². The number of carbonyl (C=O) groups is 1. The molecule has 0 aromatic rings. The van der Waals surface area contributed by atoms with Gasteiger partial charge in [-0.3, -0.25) is 0 Å². The number of methoxy groups -OCH3 is 1. The predicted octanol–water partition coefficient (Wildman–Crippen LogP) is 5.55. The molecule has 0 bridgehead atoms. The lowest BCUT2D eigenvalue weighted by Crippen LogP contribution is -2.23. The molecule has 25 heavy (non-hydrogen) atoms. The van der Waals surface area contributed by atoms with E-state index in [2.05, 4.69) is 6.92 Å². The van der Waals surface area contributed by atoms with Gasteiger partial charge in [0.2, 0.25) is 0 Å². The van der Waals surface area contributed by atoms with E-state index >= 15 is 0 Å². The molecule has 1 aliphatic rings. The number of hydrogen-bond donors (Lipinski definition) is 0. The van der Waals surface area contributed by atoms with Gasteiger partial charge >= 0.3 is 5.97 Å². The van der Waals surface area contributed by atoms with Crippen LogP contribution in [-0.4, -0.2) is 32.1 Å². The van der Waals surface area contributed by atoms with Crippen molar-refractivity contribution in [2.24, 2.45) is 0 Å². The fourth-order valence-electron chi connectivity index (χ4n) is 3.30. The molecule has 0 saturated carbocycles. The predicted molar refractivity (Wildman–Crippen MR) is 101 cm³/mol. The van der Waals surface area contributed by atoms with Crippen LogP contribution in [0.2, 0.25) is 0 Å². The third-order valence-corrected chi connectivity index (χ3v) is 4.80. The molecule has 146 valence electrons. The highest BCUT2D eigenvalue weighted by Gasteiger charge is 2.37. The molecule has 0 N–H and O–H groups in total. The Morgan fingerprint density at radius 2 is 1.52 bits per heavy atom. The van der Waals surface area contributed by atoms with Gasteiger partial charge in [-0.15, -0.1) is 0 Å². The minimum absolute atomic E-state index is 0.182. The van der Waals surface area contributed by atoms with Crippen molar-refractivity contribution in [2.75, 3.05) is 13.9 Å². The maximum absolute atomic E-state index is 11.9. The van der Waals surface area contributed by atoms with Gasteiger partial charge in [0.1, 0.15) is 19.0 Å². The number of allylic oxidation sites excluding steroid dienone is 1. The van der Waals surface area contributed by atoms with E-state index in [1.165, 1.54) is 64.2 Å². The summed E-state index contributed by atoms with van der Waals surface area (Å²) in [7, 11) is 1.58. The number of rotatable bonds is 15. The van der Waals surface area contributed by atoms with Crippen LogP contribution < -0.4 is 0 Å². The van der Waals surface area contributed by atoms with Crippen LogP contribution in [0.3, 0.4) is 0 Å². The third kappa shape index (κ3) is 9.41. The molecule has 0 aliphatic carbocycles. The summed E-state index contributed by atoms with van der Waals surface area (Å²) < 4.78 is 15.8. The number of unbranched alkanes of at least 4 members (excludes halogenated alkanes) is 11. The number of esters is 1. The van der Waals surface area contributed by atoms with Crippen LogP contribution in [0.15, 0.2) is 11.6 Å².